The monoisotopic (exact) mass is 394 g/mol. The zero-order valence-corrected chi connectivity index (χ0v) is 15.5. The second-order valence-electron chi connectivity index (χ2n) is 5.58. The average Bonchev–Trinajstić information content (AvgIpc) is 2.65. The van der Waals surface area contributed by atoms with Crippen molar-refractivity contribution in [1.29, 1.82) is 5.41 Å². The number of benzene rings is 1. The van der Waals surface area contributed by atoms with E-state index in [4.69, 9.17) is 27.5 Å². The number of rotatable bonds is 5. The number of anilines is 2. The van der Waals surface area contributed by atoms with Crippen molar-refractivity contribution in [2.45, 2.75) is 13.8 Å². The lowest BCUT2D eigenvalue weighted by Crippen LogP contribution is -2.15. The standard InChI is InChI=1S/C18H17ClF2N4O2/c1-8-13(19)18(27-3)24-9(2)16(8)25-17(26)12(20)6-10-4-5-11(7-22)15(23)14(10)21/h4-7,22H,23H2,1-3H3,(H,25,26)/b12-6-,22-7?. The predicted octanol–water partition coefficient (Wildman–Crippen LogP) is 4.03. The molecule has 0 bridgehead atoms. The molecule has 0 unspecified atom stereocenters. The summed E-state index contributed by atoms with van der Waals surface area (Å²) >= 11 is 6.10. The Morgan fingerprint density at radius 3 is 2.59 bits per heavy atom. The van der Waals surface area contributed by atoms with E-state index in [9.17, 15) is 13.6 Å². The van der Waals surface area contributed by atoms with Crippen molar-refractivity contribution in [1.82, 2.24) is 4.98 Å². The van der Waals surface area contributed by atoms with Crippen LogP contribution in [0.1, 0.15) is 22.4 Å². The van der Waals surface area contributed by atoms with Crippen molar-refractivity contribution in [3.05, 3.63) is 51.2 Å². The number of hydrogen-bond donors (Lipinski definition) is 3. The van der Waals surface area contributed by atoms with Crippen LogP contribution in [0.4, 0.5) is 20.2 Å². The Morgan fingerprint density at radius 1 is 1.37 bits per heavy atom. The molecule has 0 aliphatic rings. The molecule has 4 N–H and O–H groups in total. The van der Waals surface area contributed by atoms with Crippen LogP contribution in [-0.4, -0.2) is 24.2 Å². The van der Waals surface area contributed by atoms with Crippen LogP contribution in [0.3, 0.4) is 0 Å². The highest BCUT2D eigenvalue weighted by atomic mass is 35.5. The van der Waals surface area contributed by atoms with Gasteiger partial charge in [0.05, 0.1) is 24.2 Å². The Hall–Kier alpha value is -3.00. The van der Waals surface area contributed by atoms with Crippen LogP contribution in [0.15, 0.2) is 18.0 Å². The minimum absolute atomic E-state index is 0.153. The maximum absolute atomic E-state index is 14.3. The Bertz CT molecular complexity index is 961. The molecule has 9 heteroatoms. The van der Waals surface area contributed by atoms with Gasteiger partial charge in [-0.1, -0.05) is 23.7 Å². The number of nitrogens with two attached hydrogens (primary N) is 1. The van der Waals surface area contributed by atoms with Crippen LogP contribution < -0.4 is 15.8 Å². The Balaban J connectivity index is 2.34. The summed E-state index contributed by atoms with van der Waals surface area (Å²) in [5.74, 6) is -3.06. The molecule has 27 heavy (non-hydrogen) atoms. The Kier molecular flexibility index (Phi) is 6.12. The molecule has 0 fully saturated rings. The lowest BCUT2D eigenvalue weighted by Gasteiger charge is -2.14. The third-order valence-electron chi connectivity index (χ3n) is 3.85. The summed E-state index contributed by atoms with van der Waals surface area (Å²) in [6.07, 6.45) is 1.60. The Labute approximate surface area is 159 Å². The molecule has 0 saturated carbocycles. The number of halogens is 3. The second kappa shape index (κ2) is 8.13. The summed E-state index contributed by atoms with van der Waals surface area (Å²) in [7, 11) is 1.40. The molecule has 0 aliphatic heterocycles. The lowest BCUT2D eigenvalue weighted by atomic mass is 10.1. The number of nitrogens with zero attached hydrogens (tertiary/aromatic N) is 1. The van der Waals surface area contributed by atoms with E-state index in [-0.39, 0.29) is 33.4 Å². The van der Waals surface area contributed by atoms with Gasteiger partial charge in [-0.2, -0.15) is 0 Å². The molecule has 1 aromatic heterocycles. The van der Waals surface area contributed by atoms with Crippen LogP contribution >= 0.6 is 11.6 Å². The summed E-state index contributed by atoms with van der Waals surface area (Å²) in [6.45, 7) is 3.22. The van der Waals surface area contributed by atoms with Gasteiger partial charge in [-0.25, -0.2) is 13.8 Å². The number of aryl methyl sites for hydroxylation is 1. The van der Waals surface area contributed by atoms with Gasteiger partial charge in [-0.3, -0.25) is 4.79 Å². The van der Waals surface area contributed by atoms with E-state index in [1.165, 1.54) is 19.2 Å². The molecule has 0 aliphatic carbocycles. The van der Waals surface area contributed by atoms with Crippen molar-refractivity contribution in [3.8, 4) is 5.88 Å². The van der Waals surface area contributed by atoms with E-state index < -0.39 is 17.6 Å². The molecule has 2 rings (SSSR count). The minimum atomic E-state index is -1.23. The number of nitrogens with one attached hydrogen (secondary N) is 2. The van der Waals surface area contributed by atoms with Gasteiger partial charge in [-0.05, 0) is 25.5 Å². The van der Waals surface area contributed by atoms with Crippen molar-refractivity contribution in [2.24, 2.45) is 0 Å². The van der Waals surface area contributed by atoms with Gasteiger partial charge in [-0.15, -0.1) is 0 Å². The number of pyridine rings is 1. The first kappa shape index (κ1) is 20.3. The highest BCUT2D eigenvalue weighted by molar-refractivity contribution is 6.33. The molecule has 1 amide bonds. The van der Waals surface area contributed by atoms with Crippen molar-refractivity contribution in [2.75, 3.05) is 18.2 Å². The maximum atomic E-state index is 14.3. The van der Waals surface area contributed by atoms with Crippen LogP contribution in [0, 0.1) is 25.1 Å². The number of nitrogen functional groups attached to an aromatic ring is 1. The first-order chi connectivity index (χ1) is 12.7. The van der Waals surface area contributed by atoms with Gasteiger partial charge in [0.2, 0.25) is 5.88 Å². The van der Waals surface area contributed by atoms with Crippen LogP contribution in [0.25, 0.3) is 6.08 Å². The Morgan fingerprint density at radius 2 is 2.00 bits per heavy atom. The molecule has 0 spiro atoms. The molecule has 1 heterocycles. The van der Waals surface area contributed by atoms with E-state index >= 15 is 0 Å². The molecule has 2 aromatic rings. The van der Waals surface area contributed by atoms with Gasteiger partial charge in [0.1, 0.15) is 5.02 Å². The summed E-state index contributed by atoms with van der Waals surface area (Å²) in [5.41, 5.74) is 6.23. The molecular weight excluding hydrogens is 378 g/mol. The summed E-state index contributed by atoms with van der Waals surface area (Å²) in [5, 5.41) is 9.68. The van der Waals surface area contributed by atoms with Gasteiger partial charge in [0, 0.05) is 17.3 Å². The highest BCUT2D eigenvalue weighted by Crippen LogP contribution is 2.33. The third-order valence-corrected chi connectivity index (χ3v) is 4.30. The average molecular weight is 395 g/mol. The second-order valence-corrected chi connectivity index (χ2v) is 5.96. The highest BCUT2D eigenvalue weighted by Gasteiger charge is 2.19. The SMILES string of the molecule is COc1nc(C)c(NC(=O)/C(F)=C/c2ccc(C=N)c(N)c2F)c(C)c1Cl. The fourth-order valence-corrected chi connectivity index (χ4v) is 2.57. The molecule has 0 saturated heterocycles. The molecule has 0 atom stereocenters. The van der Waals surface area contributed by atoms with Gasteiger partial charge >= 0.3 is 0 Å². The van der Waals surface area contributed by atoms with Gasteiger partial charge in [0.25, 0.3) is 5.91 Å². The van der Waals surface area contributed by atoms with Gasteiger partial charge < -0.3 is 21.2 Å². The van der Waals surface area contributed by atoms with E-state index in [0.717, 1.165) is 12.3 Å². The number of aromatic nitrogens is 1. The van der Waals surface area contributed by atoms with Crippen LogP contribution in [0.5, 0.6) is 5.88 Å². The number of methoxy groups -OCH3 is 1. The summed E-state index contributed by atoms with van der Waals surface area (Å²) < 4.78 is 33.5. The van der Waals surface area contributed by atoms with Crippen molar-refractivity contribution >= 4 is 41.2 Å². The fraction of sp³-hybridized carbons (Fsp3) is 0.167. The normalized spacial score (nSPS) is 11.3. The van der Waals surface area contributed by atoms with Gasteiger partial charge in [0.15, 0.2) is 11.6 Å². The van der Waals surface area contributed by atoms with Crippen LogP contribution in [-0.2, 0) is 4.79 Å². The largest absolute Gasteiger partial charge is 0.480 e. The van der Waals surface area contributed by atoms with Crippen molar-refractivity contribution < 1.29 is 18.3 Å². The third kappa shape index (κ3) is 4.06. The van der Waals surface area contributed by atoms with Crippen LogP contribution in [0.2, 0.25) is 5.02 Å². The number of carbonyl (C=O) groups excluding carboxylic acids is 1. The van der Waals surface area contributed by atoms with E-state index in [1.54, 1.807) is 13.8 Å². The number of hydrogen-bond acceptors (Lipinski definition) is 5. The zero-order chi connectivity index (χ0) is 20.3. The van der Waals surface area contributed by atoms with Crippen molar-refractivity contribution in [3.63, 3.8) is 0 Å². The van der Waals surface area contributed by atoms with E-state index in [1.807, 2.05) is 0 Å². The predicted molar refractivity (Wildman–Crippen MR) is 102 cm³/mol. The molecule has 142 valence electrons. The number of ether oxygens (including phenoxy) is 1. The minimum Gasteiger partial charge on any atom is -0.480 e. The molecule has 1 aromatic carbocycles. The first-order valence-electron chi connectivity index (χ1n) is 7.68. The quantitative estimate of drug-likeness (QED) is 0.405. The number of amides is 1. The zero-order valence-electron chi connectivity index (χ0n) is 14.8. The van der Waals surface area contributed by atoms with E-state index in [2.05, 4.69) is 10.3 Å². The molecule has 0 radical (unpaired) electrons. The summed E-state index contributed by atoms with van der Waals surface area (Å²) in [6, 6.07) is 2.57. The lowest BCUT2D eigenvalue weighted by molar-refractivity contribution is -0.114. The first-order valence-corrected chi connectivity index (χ1v) is 8.06. The molecule has 6 nitrogen and oxygen atoms in total. The maximum Gasteiger partial charge on any atom is 0.284 e. The number of carbonyl (C=O) groups is 1. The fourth-order valence-electron chi connectivity index (χ4n) is 2.36. The molecular formula is C18H17ClF2N4O2. The summed E-state index contributed by atoms with van der Waals surface area (Å²) in [4.78, 5) is 16.2. The smallest absolute Gasteiger partial charge is 0.284 e. The topological polar surface area (TPSA) is 101 Å². The van der Waals surface area contributed by atoms with E-state index in [0.29, 0.717) is 11.3 Å².